The second-order valence-corrected chi connectivity index (χ2v) is 2.64. The lowest BCUT2D eigenvalue weighted by molar-refractivity contribution is -0.136. The van der Waals surface area contributed by atoms with Gasteiger partial charge in [-0.15, -0.1) is 0 Å². The molecule has 1 rings (SSSR count). The summed E-state index contributed by atoms with van der Waals surface area (Å²) < 4.78 is 0. The Bertz CT molecular complexity index is 380. The third kappa shape index (κ3) is 2.27. The van der Waals surface area contributed by atoms with Crippen molar-refractivity contribution >= 4 is 5.97 Å². The van der Waals surface area contributed by atoms with Crippen LogP contribution in [-0.2, 0) is 11.2 Å². The van der Waals surface area contributed by atoms with Gasteiger partial charge in [0.25, 0.3) is 0 Å². The molecule has 0 saturated carbocycles. The summed E-state index contributed by atoms with van der Waals surface area (Å²) in [5.41, 5.74) is 1.50. The quantitative estimate of drug-likeness (QED) is 0.726. The van der Waals surface area contributed by atoms with Gasteiger partial charge in [-0.25, -0.2) is 4.98 Å². The highest BCUT2D eigenvalue weighted by atomic mass is 16.4. The molecular formula is C9H8N2O2. The molecule has 13 heavy (non-hydrogen) atoms. The summed E-state index contributed by atoms with van der Waals surface area (Å²) in [6.07, 6.45) is -0.138. The molecule has 1 heterocycles. The first-order chi connectivity index (χ1) is 6.13. The normalized spacial score (nSPS) is 9.23. The highest BCUT2D eigenvalue weighted by Crippen LogP contribution is 2.06. The summed E-state index contributed by atoms with van der Waals surface area (Å²) in [5, 5.41) is 17.1. The molecule has 0 fully saturated rings. The van der Waals surface area contributed by atoms with Crippen LogP contribution < -0.4 is 0 Å². The lowest BCUT2D eigenvalue weighted by Crippen LogP contribution is -2.05. The number of carboxylic acids is 1. The number of nitrogens with zero attached hydrogens (tertiary/aromatic N) is 2. The topological polar surface area (TPSA) is 74.0 Å². The number of carbonyl (C=O) groups is 1. The lowest BCUT2D eigenvalue weighted by Gasteiger charge is -2.00. The SMILES string of the molecule is Cc1ccc(C#N)nc1CC(=O)O. The maximum Gasteiger partial charge on any atom is 0.309 e. The van der Waals surface area contributed by atoms with Gasteiger partial charge in [-0.2, -0.15) is 5.26 Å². The smallest absolute Gasteiger partial charge is 0.309 e. The molecular weight excluding hydrogens is 168 g/mol. The molecule has 0 saturated heterocycles. The first kappa shape index (κ1) is 9.20. The number of carboxylic acid groups (broad SMARTS) is 1. The Morgan fingerprint density at radius 1 is 1.69 bits per heavy atom. The predicted octanol–water partition coefficient (Wildman–Crippen LogP) is 0.889. The van der Waals surface area contributed by atoms with Gasteiger partial charge in [-0.1, -0.05) is 6.07 Å². The largest absolute Gasteiger partial charge is 0.481 e. The van der Waals surface area contributed by atoms with Gasteiger partial charge in [-0.05, 0) is 18.6 Å². The number of aromatic nitrogens is 1. The summed E-state index contributed by atoms with van der Waals surface area (Å²) in [6.45, 7) is 1.77. The van der Waals surface area contributed by atoms with Gasteiger partial charge in [0.2, 0.25) is 0 Å². The molecule has 66 valence electrons. The molecule has 1 aromatic rings. The monoisotopic (exact) mass is 176 g/mol. The molecule has 0 aliphatic carbocycles. The molecule has 1 N–H and O–H groups in total. The Kier molecular flexibility index (Phi) is 2.60. The van der Waals surface area contributed by atoms with Gasteiger partial charge in [0.15, 0.2) is 0 Å². The second kappa shape index (κ2) is 3.68. The fourth-order valence-corrected chi connectivity index (χ4v) is 0.955. The van der Waals surface area contributed by atoms with Gasteiger partial charge in [0.1, 0.15) is 11.8 Å². The first-order valence-electron chi connectivity index (χ1n) is 3.72. The minimum Gasteiger partial charge on any atom is -0.481 e. The van der Waals surface area contributed by atoms with E-state index < -0.39 is 5.97 Å². The molecule has 0 aromatic carbocycles. The standard InChI is InChI=1S/C9H8N2O2/c1-6-2-3-7(5-10)11-8(6)4-9(12)13/h2-3H,4H2,1H3,(H,12,13). The number of nitriles is 1. The van der Waals surface area contributed by atoms with Crippen LogP contribution >= 0.6 is 0 Å². The number of pyridine rings is 1. The van der Waals surface area contributed by atoms with Crippen molar-refractivity contribution in [2.45, 2.75) is 13.3 Å². The Labute approximate surface area is 75.5 Å². The number of hydrogen-bond acceptors (Lipinski definition) is 3. The molecule has 0 aliphatic heterocycles. The number of aliphatic carboxylic acids is 1. The molecule has 0 amide bonds. The van der Waals surface area contributed by atoms with Crippen LogP contribution in [0.1, 0.15) is 17.0 Å². The maximum atomic E-state index is 10.4. The lowest BCUT2D eigenvalue weighted by atomic mass is 10.1. The summed E-state index contributed by atoms with van der Waals surface area (Å²) in [6, 6.07) is 5.13. The maximum absolute atomic E-state index is 10.4. The third-order valence-electron chi connectivity index (χ3n) is 1.64. The predicted molar refractivity (Wildman–Crippen MR) is 45.0 cm³/mol. The van der Waals surface area contributed by atoms with Crippen LogP contribution in [0, 0.1) is 18.3 Å². The first-order valence-corrected chi connectivity index (χ1v) is 3.72. The van der Waals surface area contributed by atoms with Crippen LogP contribution in [0.5, 0.6) is 0 Å². The summed E-state index contributed by atoms with van der Waals surface area (Å²) in [4.78, 5) is 14.3. The highest BCUT2D eigenvalue weighted by molar-refractivity contribution is 5.70. The van der Waals surface area contributed by atoms with Crippen molar-refractivity contribution in [2.24, 2.45) is 0 Å². The number of hydrogen-bond donors (Lipinski definition) is 1. The number of rotatable bonds is 2. The van der Waals surface area contributed by atoms with E-state index in [0.29, 0.717) is 5.69 Å². The van der Waals surface area contributed by atoms with Crippen molar-refractivity contribution in [1.82, 2.24) is 4.98 Å². The van der Waals surface area contributed by atoms with E-state index in [-0.39, 0.29) is 12.1 Å². The number of aryl methyl sites for hydroxylation is 1. The molecule has 0 bridgehead atoms. The molecule has 4 heteroatoms. The average molecular weight is 176 g/mol. The Morgan fingerprint density at radius 3 is 2.92 bits per heavy atom. The van der Waals surface area contributed by atoms with Crippen LogP contribution in [0.2, 0.25) is 0 Å². The Morgan fingerprint density at radius 2 is 2.38 bits per heavy atom. The molecule has 1 aromatic heterocycles. The van der Waals surface area contributed by atoms with Crippen molar-refractivity contribution in [3.05, 3.63) is 29.1 Å². The zero-order chi connectivity index (χ0) is 9.84. The molecule has 0 spiro atoms. The molecule has 0 atom stereocenters. The van der Waals surface area contributed by atoms with Crippen molar-refractivity contribution < 1.29 is 9.90 Å². The van der Waals surface area contributed by atoms with Crippen LogP contribution in [0.25, 0.3) is 0 Å². The van der Waals surface area contributed by atoms with Crippen LogP contribution in [0.4, 0.5) is 0 Å². The fourth-order valence-electron chi connectivity index (χ4n) is 0.955. The van der Waals surface area contributed by atoms with E-state index in [1.807, 2.05) is 6.07 Å². The van der Waals surface area contributed by atoms with Crippen molar-refractivity contribution in [3.63, 3.8) is 0 Å². The van der Waals surface area contributed by atoms with E-state index in [4.69, 9.17) is 10.4 Å². The van der Waals surface area contributed by atoms with E-state index in [1.54, 1.807) is 19.1 Å². The minimum absolute atomic E-state index is 0.138. The Hall–Kier alpha value is -1.89. The third-order valence-corrected chi connectivity index (χ3v) is 1.64. The van der Waals surface area contributed by atoms with E-state index in [1.165, 1.54) is 0 Å². The van der Waals surface area contributed by atoms with E-state index in [9.17, 15) is 4.79 Å². The van der Waals surface area contributed by atoms with Crippen molar-refractivity contribution in [3.8, 4) is 6.07 Å². The second-order valence-electron chi connectivity index (χ2n) is 2.64. The van der Waals surface area contributed by atoms with E-state index >= 15 is 0 Å². The Balaban J connectivity index is 3.05. The van der Waals surface area contributed by atoms with E-state index in [2.05, 4.69) is 4.98 Å². The summed E-state index contributed by atoms with van der Waals surface area (Å²) in [5.74, 6) is -0.939. The van der Waals surface area contributed by atoms with Crippen LogP contribution in [0.15, 0.2) is 12.1 Å². The van der Waals surface area contributed by atoms with Gasteiger partial charge < -0.3 is 5.11 Å². The summed E-state index contributed by atoms with van der Waals surface area (Å²) >= 11 is 0. The van der Waals surface area contributed by atoms with Gasteiger partial charge in [-0.3, -0.25) is 4.79 Å². The molecule has 0 aliphatic rings. The van der Waals surface area contributed by atoms with Crippen LogP contribution in [0.3, 0.4) is 0 Å². The molecule has 0 radical (unpaired) electrons. The average Bonchev–Trinajstić information content (AvgIpc) is 2.08. The zero-order valence-corrected chi connectivity index (χ0v) is 7.11. The molecule has 4 nitrogen and oxygen atoms in total. The highest BCUT2D eigenvalue weighted by Gasteiger charge is 2.06. The van der Waals surface area contributed by atoms with E-state index in [0.717, 1.165) is 5.56 Å². The fraction of sp³-hybridized carbons (Fsp3) is 0.222. The van der Waals surface area contributed by atoms with Gasteiger partial charge >= 0.3 is 5.97 Å². The minimum atomic E-state index is -0.939. The van der Waals surface area contributed by atoms with Crippen molar-refractivity contribution in [2.75, 3.05) is 0 Å². The van der Waals surface area contributed by atoms with Crippen LogP contribution in [-0.4, -0.2) is 16.1 Å². The van der Waals surface area contributed by atoms with Crippen molar-refractivity contribution in [1.29, 1.82) is 5.26 Å². The summed E-state index contributed by atoms with van der Waals surface area (Å²) in [7, 11) is 0. The van der Waals surface area contributed by atoms with Gasteiger partial charge in [0, 0.05) is 0 Å². The van der Waals surface area contributed by atoms with Gasteiger partial charge in [0.05, 0.1) is 12.1 Å². The molecule has 0 unspecified atom stereocenters. The zero-order valence-electron chi connectivity index (χ0n) is 7.11.